The number of aromatic nitrogens is 2. The van der Waals surface area contributed by atoms with Gasteiger partial charge in [0.1, 0.15) is 0 Å². The molecule has 3 rings (SSSR count). The molecule has 2 nitrogen and oxygen atoms in total. The summed E-state index contributed by atoms with van der Waals surface area (Å²) >= 11 is 0. The topological polar surface area (TPSA) is 25.8 Å². The lowest BCUT2D eigenvalue weighted by molar-refractivity contribution is 1.31. The van der Waals surface area contributed by atoms with E-state index in [0.29, 0.717) is 0 Å². The standard InChI is InChI=1S/C14H9N2/c1-2-6-13-11(5-1)9-12(10-16-13)14-7-3-4-8-15-14/h2-10H. The number of pyridine rings is 2. The van der Waals surface area contributed by atoms with E-state index in [-0.39, 0.29) is 0 Å². The Morgan fingerprint density at radius 2 is 2.06 bits per heavy atom. The second kappa shape index (κ2) is 3.74. The lowest BCUT2D eigenvalue weighted by atomic mass is 10.1. The highest BCUT2D eigenvalue weighted by atomic mass is 14.7. The molecule has 1 radical (unpaired) electrons. The molecule has 0 N–H and O–H groups in total. The van der Waals surface area contributed by atoms with Gasteiger partial charge in [-0.25, -0.2) is 0 Å². The van der Waals surface area contributed by atoms with E-state index in [4.69, 9.17) is 0 Å². The van der Waals surface area contributed by atoms with Crippen molar-refractivity contribution in [2.24, 2.45) is 0 Å². The second-order valence-electron chi connectivity index (χ2n) is 3.56. The molecule has 0 atom stereocenters. The molecule has 3 aromatic rings. The number of hydrogen-bond donors (Lipinski definition) is 0. The Hall–Kier alpha value is -2.22. The second-order valence-corrected chi connectivity index (χ2v) is 3.56. The Morgan fingerprint density at radius 1 is 1.06 bits per heavy atom. The Balaban J connectivity index is 2.19. The minimum atomic E-state index is 0.945. The number of hydrogen-bond acceptors (Lipinski definition) is 2. The monoisotopic (exact) mass is 205 g/mol. The molecule has 2 aromatic heterocycles. The van der Waals surface area contributed by atoms with E-state index >= 15 is 0 Å². The van der Waals surface area contributed by atoms with Gasteiger partial charge in [-0.05, 0) is 36.4 Å². The molecule has 75 valence electrons. The first-order valence-electron chi connectivity index (χ1n) is 5.11. The molecule has 0 saturated heterocycles. The molecule has 0 aliphatic rings. The van der Waals surface area contributed by atoms with Crippen LogP contribution in [-0.2, 0) is 0 Å². The van der Waals surface area contributed by atoms with Crippen LogP contribution in [0.15, 0.2) is 54.9 Å². The summed E-state index contributed by atoms with van der Waals surface area (Å²) in [7, 11) is 0. The average Bonchev–Trinajstić information content (AvgIpc) is 2.39. The highest BCUT2D eigenvalue weighted by Crippen LogP contribution is 2.20. The van der Waals surface area contributed by atoms with E-state index in [1.807, 2.05) is 42.6 Å². The van der Waals surface area contributed by atoms with Crippen LogP contribution < -0.4 is 0 Å². The zero-order chi connectivity index (χ0) is 10.8. The molecule has 0 aliphatic carbocycles. The molecule has 0 bridgehead atoms. The van der Waals surface area contributed by atoms with Crippen LogP contribution in [0.3, 0.4) is 0 Å². The summed E-state index contributed by atoms with van der Waals surface area (Å²) in [6.45, 7) is 0. The lowest BCUT2D eigenvalue weighted by Crippen LogP contribution is -1.84. The smallest absolute Gasteiger partial charge is 0.0717 e. The number of fused-ring (bicyclic) bond motifs is 1. The summed E-state index contributed by atoms with van der Waals surface area (Å²) in [6.07, 6.45) is 3.64. The fourth-order valence-corrected chi connectivity index (χ4v) is 1.69. The van der Waals surface area contributed by atoms with Gasteiger partial charge in [-0.3, -0.25) is 9.97 Å². The van der Waals surface area contributed by atoms with Crippen LogP contribution in [0.2, 0.25) is 0 Å². The molecule has 0 unspecified atom stereocenters. The van der Waals surface area contributed by atoms with E-state index in [1.165, 1.54) is 0 Å². The van der Waals surface area contributed by atoms with E-state index in [9.17, 15) is 0 Å². The zero-order valence-electron chi connectivity index (χ0n) is 8.59. The summed E-state index contributed by atoms with van der Waals surface area (Å²) in [5, 5.41) is 1.09. The van der Waals surface area contributed by atoms with Crippen LogP contribution >= 0.6 is 0 Å². The van der Waals surface area contributed by atoms with Crippen LogP contribution in [0.25, 0.3) is 22.2 Å². The first-order valence-corrected chi connectivity index (χ1v) is 5.11. The van der Waals surface area contributed by atoms with E-state index in [1.54, 1.807) is 6.20 Å². The predicted octanol–water partition coefficient (Wildman–Crippen LogP) is 3.10. The van der Waals surface area contributed by atoms with Gasteiger partial charge >= 0.3 is 0 Å². The third-order valence-electron chi connectivity index (χ3n) is 2.49. The molecule has 0 aliphatic heterocycles. The van der Waals surface area contributed by atoms with Crippen molar-refractivity contribution in [3.8, 4) is 11.3 Å². The summed E-state index contributed by atoms with van der Waals surface area (Å²) in [6, 6.07) is 16.8. The third kappa shape index (κ3) is 1.54. The normalized spacial score (nSPS) is 10.5. The summed E-state index contributed by atoms with van der Waals surface area (Å²) < 4.78 is 0. The Morgan fingerprint density at radius 3 is 2.94 bits per heavy atom. The number of benzene rings is 1. The molecule has 0 fully saturated rings. The quantitative estimate of drug-likeness (QED) is 0.610. The maximum Gasteiger partial charge on any atom is 0.0717 e. The summed E-state index contributed by atoms with van der Waals surface area (Å²) in [5.74, 6) is 0. The van der Waals surface area contributed by atoms with Crippen molar-refractivity contribution in [3.63, 3.8) is 0 Å². The van der Waals surface area contributed by atoms with Gasteiger partial charge in [0, 0.05) is 23.3 Å². The van der Waals surface area contributed by atoms with E-state index in [0.717, 1.165) is 22.2 Å². The first kappa shape index (κ1) is 9.04. The van der Waals surface area contributed by atoms with E-state index < -0.39 is 0 Å². The molecule has 16 heavy (non-hydrogen) atoms. The van der Waals surface area contributed by atoms with Crippen molar-refractivity contribution in [3.05, 3.63) is 60.9 Å². The molecular formula is C14H9N2. The molecular weight excluding hydrogens is 196 g/mol. The van der Waals surface area contributed by atoms with Crippen LogP contribution in [-0.4, -0.2) is 9.97 Å². The minimum Gasteiger partial charge on any atom is -0.256 e. The van der Waals surface area contributed by atoms with Gasteiger partial charge in [0.25, 0.3) is 0 Å². The van der Waals surface area contributed by atoms with Crippen LogP contribution in [0.5, 0.6) is 0 Å². The van der Waals surface area contributed by atoms with Gasteiger partial charge in [0.2, 0.25) is 0 Å². The Labute approximate surface area is 93.6 Å². The van der Waals surface area contributed by atoms with Crippen molar-refractivity contribution in [1.82, 2.24) is 9.97 Å². The maximum atomic E-state index is 4.40. The van der Waals surface area contributed by atoms with Gasteiger partial charge in [-0.15, -0.1) is 0 Å². The van der Waals surface area contributed by atoms with Crippen molar-refractivity contribution in [1.29, 1.82) is 0 Å². The van der Waals surface area contributed by atoms with Gasteiger partial charge < -0.3 is 0 Å². The molecule has 0 amide bonds. The maximum absolute atomic E-state index is 4.40. The molecule has 0 saturated carbocycles. The van der Waals surface area contributed by atoms with Crippen molar-refractivity contribution >= 4 is 10.9 Å². The summed E-state index contributed by atoms with van der Waals surface area (Å²) in [4.78, 5) is 8.70. The fraction of sp³-hybridized carbons (Fsp3) is 0. The minimum absolute atomic E-state index is 0.945. The Bertz CT molecular complexity index is 618. The average molecular weight is 205 g/mol. The third-order valence-corrected chi connectivity index (χ3v) is 2.49. The fourth-order valence-electron chi connectivity index (χ4n) is 1.69. The van der Waals surface area contributed by atoms with Gasteiger partial charge in [0.15, 0.2) is 0 Å². The largest absolute Gasteiger partial charge is 0.256 e. The summed E-state index contributed by atoms with van der Waals surface area (Å²) in [5.41, 5.74) is 2.96. The van der Waals surface area contributed by atoms with Crippen LogP contribution in [0, 0.1) is 6.07 Å². The van der Waals surface area contributed by atoms with Gasteiger partial charge in [0.05, 0.1) is 11.2 Å². The van der Waals surface area contributed by atoms with Gasteiger partial charge in [-0.1, -0.05) is 12.1 Å². The van der Waals surface area contributed by atoms with Crippen molar-refractivity contribution in [2.45, 2.75) is 0 Å². The molecule has 0 spiro atoms. The Kier molecular flexibility index (Phi) is 2.11. The predicted molar refractivity (Wildman–Crippen MR) is 63.8 cm³/mol. The molecule has 2 heterocycles. The zero-order valence-corrected chi connectivity index (χ0v) is 8.59. The number of rotatable bonds is 1. The molecule has 2 heteroatoms. The van der Waals surface area contributed by atoms with Crippen molar-refractivity contribution < 1.29 is 0 Å². The highest BCUT2D eigenvalue weighted by molar-refractivity contribution is 5.82. The van der Waals surface area contributed by atoms with Crippen LogP contribution in [0.4, 0.5) is 0 Å². The molecule has 1 aromatic carbocycles. The SMILES string of the molecule is [c]1ccc2ncc(-c3ccccn3)cc2c1. The lowest BCUT2D eigenvalue weighted by Gasteiger charge is -2.01. The highest BCUT2D eigenvalue weighted by Gasteiger charge is 2.00. The first-order chi connectivity index (χ1) is 7.93. The van der Waals surface area contributed by atoms with E-state index in [2.05, 4.69) is 22.1 Å². The van der Waals surface area contributed by atoms with Gasteiger partial charge in [-0.2, -0.15) is 0 Å². The van der Waals surface area contributed by atoms with Crippen molar-refractivity contribution in [2.75, 3.05) is 0 Å². The van der Waals surface area contributed by atoms with Crippen LogP contribution in [0.1, 0.15) is 0 Å². The number of nitrogens with zero attached hydrogens (tertiary/aromatic N) is 2.